The quantitative estimate of drug-likeness (QED) is 0.322. The van der Waals surface area contributed by atoms with Crippen LogP contribution in [0.4, 0.5) is 13.2 Å². The summed E-state index contributed by atoms with van der Waals surface area (Å²) in [4.78, 5) is 1.28. The van der Waals surface area contributed by atoms with Crippen LogP contribution >= 0.6 is 0 Å². The highest BCUT2D eigenvalue weighted by Crippen LogP contribution is 2.19. The zero-order chi connectivity index (χ0) is 12.8. The summed E-state index contributed by atoms with van der Waals surface area (Å²) in [5.74, 6) is -0.0595. The smallest absolute Gasteiger partial charge is 0.401 e. The molecule has 0 heterocycles. The lowest BCUT2D eigenvalue weighted by molar-refractivity contribution is -0.150. The Kier molecular flexibility index (Phi) is 6.17. The minimum Gasteiger partial charge on any atom is -0.409 e. The maximum Gasteiger partial charge on any atom is 0.401 e. The van der Waals surface area contributed by atoms with E-state index in [0.717, 1.165) is 0 Å². The Balaban J connectivity index is 4.40. The Bertz CT molecular complexity index is 231. The monoisotopic (exact) mass is 241 g/mol. The van der Waals surface area contributed by atoms with Crippen molar-refractivity contribution in [3.8, 4) is 0 Å². The summed E-state index contributed by atoms with van der Waals surface area (Å²) in [7, 11) is 0. The number of halogens is 3. The molecule has 0 bridgehead atoms. The van der Waals surface area contributed by atoms with E-state index in [0.29, 0.717) is 13.0 Å². The number of amidine groups is 1. The van der Waals surface area contributed by atoms with Crippen molar-refractivity contribution in [1.29, 1.82) is 0 Å². The second-order valence-corrected chi connectivity index (χ2v) is 3.73. The van der Waals surface area contributed by atoms with Gasteiger partial charge >= 0.3 is 6.18 Å². The minimum atomic E-state index is -4.23. The molecule has 0 aliphatic rings. The first-order valence-corrected chi connectivity index (χ1v) is 5.07. The van der Waals surface area contributed by atoms with Gasteiger partial charge in [0.05, 0.1) is 6.54 Å². The predicted molar refractivity (Wildman–Crippen MR) is 55.4 cm³/mol. The van der Waals surface area contributed by atoms with E-state index < -0.39 is 18.8 Å². The third-order valence-electron chi connectivity index (χ3n) is 2.15. The number of oxime groups is 1. The zero-order valence-electron chi connectivity index (χ0n) is 9.46. The van der Waals surface area contributed by atoms with Crippen LogP contribution in [0.3, 0.4) is 0 Å². The van der Waals surface area contributed by atoms with E-state index in [1.54, 1.807) is 13.8 Å². The molecule has 0 aromatic carbocycles. The Labute approximate surface area is 92.9 Å². The van der Waals surface area contributed by atoms with Gasteiger partial charge < -0.3 is 10.9 Å². The molecule has 96 valence electrons. The van der Waals surface area contributed by atoms with Crippen LogP contribution in [0.2, 0.25) is 0 Å². The van der Waals surface area contributed by atoms with Gasteiger partial charge in [0.25, 0.3) is 0 Å². The second-order valence-electron chi connectivity index (χ2n) is 3.73. The largest absolute Gasteiger partial charge is 0.409 e. The summed E-state index contributed by atoms with van der Waals surface area (Å²) in [5, 5.41) is 11.1. The molecule has 0 saturated heterocycles. The summed E-state index contributed by atoms with van der Waals surface area (Å²) in [6, 6.07) is -0.405. The van der Waals surface area contributed by atoms with Crippen LogP contribution in [0.5, 0.6) is 0 Å². The van der Waals surface area contributed by atoms with E-state index in [-0.39, 0.29) is 12.3 Å². The molecule has 0 fully saturated rings. The Morgan fingerprint density at radius 2 is 2.06 bits per heavy atom. The van der Waals surface area contributed by atoms with E-state index >= 15 is 0 Å². The van der Waals surface area contributed by atoms with Gasteiger partial charge in [-0.1, -0.05) is 12.1 Å². The molecule has 0 aliphatic carbocycles. The lowest BCUT2D eigenvalue weighted by Crippen LogP contribution is -2.42. The van der Waals surface area contributed by atoms with E-state index in [2.05, 4.69) is 5.16 Å². The van der Waals surface area contributed by atoms with Gasteiger partial charge in [-0.05, 0) is 19.9 Å². The van der Waals surface area contributed by atoms with Crippen LogP contribution in [0.25, 0.3) is 0 Å². The first-order chi connectivity index (χ1) is 7.30. The van der Waals surface area contributed by atoms with E-state index in [4.69, 9.17) is 10.9 Å². The molecule has 16 heavy (non-hydrogen) atoms. The first kappa shape index (κ1) is 15.0. The van der Waals surface area contributed by atoms with Gasteiger partial charge in [-0.25, -0.2) is 0 Å². The molecule has 0 aromatic heterocycles. The number of rotatable bonds is 6. The standard InChI is InChI=1S/C9H18F3N3O/c1-3-4-15(6-9(10,11)12)7(2)5-8(13)14-16/h7,16H,3-6H2,1-2H3,(H2,13,14). The maximum absolute atomic E-state index is 12.3. The zero-order valence-corrected chi connectivity index (χ0v) is 9.46. The van der Waals surface area contributed by atoms with Gasteiger partial charge in [-0.3, -0.25) is 4.90 Å². The number of hydrogen-bond donors (Lipinski definition) is 2. The molecule has 1 atom stereocenters. The number of hydrogen-bond acceptors (Lipinski definition) is 3. The number of nitrogens with zero attached hydrogens (tertiary/aromatic N) is 2. The van der Waals surface area contributed by atoms with Crippen LogP contribution in [0, 0.1) is 0 Å². The van der Waals surface area contributed by atoms with Crippen LogP contribution in [-0.4, -0.2) is 41.3 Å². The highest BCUT2D eigenvalue weighted by Gasteiger charge is 2.32. The van der Waals surface area contributed by atoms with Crippen LogP contribution < -0.4 is 5.73 Å². The molecule has 0 spiro atoms. The Hall–Kier alpha value is -0.980. The van der Waals surface area contributed by atoms with Crippen molar-refractivity contribution in [1.82, 2.24) is 4.90 Å². The van der Waals surface area contributed by atoms with Crippen molar-refractivity contribution in [2.24, 2.45) is 10.9 Å². The normalized spacial score (nSPS) is 15.5. The first-order valence-electron chi connectivity index (χ1n) is 5.07. The molecule has 7 heteroatoms. The Morgan fingerprint density at radius 1 is 1.50 bits per heavy atom. The third kappa shape index (κ3) is 6.49. The molecular formula is C9H18F3N3O. The van der Waals surface area contributed by atoms with Crippen molar-refractivity contribution in [2.75, 3.05) is 13.1 Å². The Morgan fingerprint density at radius 3 is 2.44 bits per heavy atom. The summed E-state index contributed by atoms with van der Waals surface area (Å²) >= 11 is 0. The molecule has 0 saturated carbocycles. The average molecular weight is 241 g/mol. The van der Waals surface area contributed by atoms with Crippen LogP contribution in [-0.2, 0) is 0 Å². The fraction of sp³-hybridized carbons (Fsp3) is 0.889. The second kappa shape index (κ2) is 6.57. The van der Waals surface area contributed by atoms with Crippen molar-refractivity contribution in [3.05, 3.63) is 0 Å². The fourth-order valence-corrected chi connectivity index (χ4v) is 1.45. The predicted octanol–water partition coefficient (Wildman–Crippen LogP) is 1.79. The van der Waals surface area contributed by atoms with Gasteiger partial charge in [0.15, 0.2) is 0 Å². The van der Waals surface area contributed by atoms with Gasteiger partial charge in [-0.2, -0.15) is 13.2 Å². The van der Waals surface area contributed by atoms with Crippen molar-refractivity contribution in [2.45, 2.75) is 38.9 Å². The summed E-state index contributed by atoms with van der Waals surface area (Å²) in [6.07, 6.45) is -3.49. The topological polar surface area (TPSA) is 61.8 Å². The molecule has 1 unspecified atom stereocenters. The molecule has 0 aromatic rings. The van der Waals surface area contributed by atoms with Crippen molar-refractivity contribution in [3.63, 3.8) is 0 Å². The van der Waals surface area contributed by atoms with Crippen LogP contribution in [0.15, 0.2) is 5.16 Å². The molecular weight excluding hydrogens is 223 g/mol. The molecule has 4 nitrogen and oxygen atoms in total. The van der Waals surface area contributed by atoms with Crippen molar-refractivity contribution < 1.29 is 18.4 Å². The lowest BCUT2D eigenvalue weighted by atomic mass is 10.2. The van der Waals surface area contributed by atoms with Gasteiger partial charge in [-0.15, -0.1) is 0 Å². The van der Waals surface area contributed by atoms with E-state index in [9.17, 15) is 13.2 Å². The number of alkyl halides is 3. The highest BCUT2D eigenvalue weighted by atomic mass is 19.4. The van der Waals surface area contributed by atoms with Gasteiger partial charge in [0.2, 0.25) is 0 Å². The molecule has 0 aliphatic heterocycles. The average Bonchev–Trinajstić information content (AvgIpc) is 2.14. The molecule has 0 radical (unpaired) electrons. The fourth-order valence-electron chi connectivity index (χ4n) is 1.45. The van der Waals surface area contributed by atoms with Gasteiger partial charge in [0, 0.05) is 12.5 Å². The molecule has 0 amide bonds. The third-order valence-corrected chi connectivity index (χ3v) is 2.15. The molecule has 0 rings (SSSR count). The van der Waals surface area contributed by atoms with Gasteiger partial charge in [0.1, 0.15) is 5.84 Å². The summed E-state index contributed by atoms with van der Waals surface area (Å²) in [5.41, 5.74) is 5.26. The number of nitrogens with two attached hydrogens (primary N) is 1. The highest BCUT2D eigenvalue weighted by molar-refractivity contribution is 5.80. The minimum absolute atomic E-state index is 0.0595. The summed E-state index contributed by atoms with van der Waals surface area (Å²) < 4.78 is 36.8. The van der Waals surface area contributed by atoms with Crippen molar-refractivity contribution >= 4 is 5.84 Å². The SMILES string of the molecule is CCCN(CC(F)(F)F)C(C)CC(N)=NO. The maximum atomic E-state index is 12.3. The van der Waals surface area contributed by atoms with E-state index in [1.807, 2.05) is 0 Å². The molecule has 3 N–H and O–H groups in total. The van der Waals surface area contributed by atoms with E-state index in [1.165, 1.54) is 4.90 Å². The lowest BCUT2D eigenvalue weighted by Gasteiger charge is -2.29. The van der Waals surface area contributed by atoms with Crippen LogP contribution in [0.1, 0.15) is 26.7 Å². The summed E-state index contributed by atoms with van der Waals surface area (Å²) in [6.45, 7) is 2.79.